The van der Waals surface area contributed by atoms with Crippen molar-refractivity contribution in [1.82, 2.24) is 0 Å². The summed E-state index contributed by atoms with van der Waals surface area (Å²) in [6, 6.07) is 2.15. The molecule has 1 heterocycles. The van der Waals surface area contributed by atoms with Gasteiger partial charge in [0.15, 0.2) is 17.7 Å². The minimum absolute atomic E-state index is 0.0198. The molecule has 0 aliphatic carbocycles. The number of fused-ring (bicyclic) bond motifs is 1. The van der Waals surface area contributed by atoms with Crippen molar-refractivity contribution in [3.05, 3.63) is 34.1 Å². The first kappa shape index (κ1) is 17.3. The van der Waals surface area contributed by atoms with E-state index in [1.807, 2.05) is 0 Å². The van der Waals surface area contributed by atoms with Crippen molar-refractivity contribution in [3.8, 4) is 5.75 Å². The lowest BCUT2D eigenvalue weighted by atomic mass is 10.0. The Bertz CT molecular complexity index is 561. The summed E-state index contributed by atoms with van der Waals surface area (Å²) in [5.41, 5.74) is -0.617. The average molecular weight is 327 g/mol. The van der Waals surface area contributed by atoms with Gasteiger partial charge in [-0.3, -0.25) is 4.39 Å². The monoisotopic (exact) mass is 326 g/mol. The molecular weight excluding hydrogens is 316 g/mol. The van der Waals surface area contributed by atoms with Gasteiger partial charge in [-0.25, -0.2) is 18.0 Å². The van der Waals surface area contributed by atoms with Crippen molar-refractivity contribution in [3.63, 3.8) is 0 Å². The number of hydrogen-bond acceptors (Lipinski definition) is 2. The Balaban J connectivity index is 0.000000677. The lowest BCUT2D eigenvalue weighted by molar-refractivity contribution is -0.134. The highest BCUT2D eigenvalue weighted by Gasteiger charge is 2.36. The summed E-state index contributed by atoms with van der Waals surface area (Å²) in [5.74, 6) is -2.88. The number of hydrogen-bond donors (Lipinski definition) is 1. The number of carboxylic acid groups (broad SMARTS) is 1. The number of carbonyl (C=O) groups is 1. The van der Waals surface area contributed by atoms with Gasteiger partial charge in [0, 0.05) is 10.6 Å². The molecule has 1 aliphatic heterocycles. The molecule has 1 atom stereocenters. The van der Waals surface area contributed by atoms with E-state index in [1.54, 1.807) is 0 Å². The first-order chi connectivity index (χ1) is 9.81. The van der Waals surface area contributed by atoms with E-state index in [-0.39, 0.29) is 17.3 Å². The molecule has 2 rings (SSSR count). The quantitative estimate of drug-likeness (QED) is 0.837. The van der Waals surface area contributed by atoms with Gasteiger partial charge in [-0.2, -0.15) is 0 Å². The molecular formula is C13H11ClF4O3. The van der Waals surface area contributed by atoms with E-state index in [4.69, 9.17) is 21.4 Å². The van der Waals surface area contributed by atoms with E-state index in [1.165, 1.54) is 13.0 Å². The van der Waals surface area contributed by atoms with Crippen LogP contribution in [0.1, 0.15) is 12.5 Å². The van der Waals surface area contributed by atoms with Crippen LogP contribution in [-0.2, 0) is 4.79 Å². The standard InChI is InChI=1S/C11H6ClF3O3.C2H5F/c12-5-1-4-2-6(11(16)17)9(10(14)15)18-8(4)7(13)3-5;1-2-3/h1-3,9-10H,(H,16,17);2H2,1H3. The number of alkyl halides is 3. The normalized spacial score (nSPS) is 16.3. The van der Waals surface area contributed by atoms with Gasteiger partial charge in [0.05, 0.1) is 12.2 Å². The highest BCUT2D eigenvalue weighted by molar-refractivity contribution is 6.30. The van der Waals surface area contributed by atoms with Crippen LogP contribution in [0.2, 0.25) is 5.02 Å². The second-order valence-corrected chi connectivity index (χ2v) is 4.29. The molecule has 3 nitrogen and oxygen atoms in total. The molecule has 0 radical (unpaired) electrons. The van der Waals surface area contributed by atoms with Gasteiger partial charge >= 0.3 is 5.97 Å². The van der Waals surface area contributed by atoms with Crippen LogP contribution in [0.4, 0.5) is 17.6 Å². The summed E-state index contributed by atoms with van der Waals surface area (Å²) in [6.07, 6.45) is -4.13. The smallest absolute Gasteiger partial charge is 0.335 e. The Morgan fingerprint density at radius 3 is 2.52 bits per heavy atom. The van der Waals surface area contributed by atoms with E-state index in [2.05, 4.69) is 0 Å². The minimum atomic E-state index is -3.07. The van der Waals surface area contributed by atoms with Crippen molar-refractivity contribution in [2.75, 3.05) is 6.67 Å². The van der Waals surface area contributed by atoms with Crippen LogP contribution in [-0.4, -0.2) is 30.3 Å². The SMILES string of the molecule is CCF.O=C(O)C1=Cc2cc(Cl)cc(F)c2OC1C(F)F. The molecule has 0 saturated carbocycles. The maximum absolute atomic E-state index is 13.5. The molecule has 0 spiro atoms. The molecule has 1 N–H and O–H groups in total. The van der Waals surface area contributed by atoms with Crippen molar-refractivity contribution >= 4 is 23.6 Å². The van der Waals surface area contributed by atoms with Gasteiger partial charge in [0.2, 0.25) is 0 Å². The van der Waals surface area contributed by atoms with Gasteiger partial charge in [0.25, 0.3) is 6.43 Å². The molecule has 0 fully saturated rings. The number of rotatable bonds is 2. The Morgan fingerprint density at radius 1 is 1.48 bits per heavy atom. The number of ether oxygens (including phenoxy) is 1. The predicted octanol–water partition coefficient (Wildman–Crippen LogP) is 3.95. The molecule has 0 amide bonds. The summed E-state index contributed by atoms with van der Waals surface area (Å²) >= 11 is 5.59. The molecule has 1 unspecified atom stereocenters. The van der Waals surface area contributed by atoms with Gasteiger partial charge in [-0.1, -0.05) is 11.6 Å². The van der Waals surface area contributed by atoms with Crippen LogP contribution in [0.5, 0.6) is 5.75 Å². The fourth-order valence-corrected chi connectivity index (χ4v) is 1.84. The number of carboxylic acids is 1. The topological polar surface area (TPSA) is 46.5 Å². The van der Waals surface area contributed by atoms with Crippen molar-refractivity contribution in [2.45, 2.75) is 19.5 Å². The third kappa shape index (κ3) is 4.10. The molecule has 1 aliphatic rings. The minimum Gasteiger partial charge on any atom is -0.478 e. The van der Waals surface area contributed by atoms with E-state index in [9.17, 15) is 22.4 Å². The molecule has 1 aromatic carbocycles. The summed E-state index contributed by atoms with van der Waals surface area (Å²) in [6.45, 7) is 1.21. The van der Waals surface area contributed by atoms with Gasteiger partial charge in [-0.15, -0.1) is 0 Å². The summed E-state index contributed by atoms with van der Waals surface area (Å²) in [4.78, 5) is 10.8. The van der Waals surface area contributed by atoms with Gasteiger partial charge < -0.3 is 9.84 Å². The third-order valence-electron chi connectivity index (χ3n) is 2.38. The molecule has 0 saturated heterocycles. The zero-order valence-corrected chi connectivity index (χ0v) is 11.5. The van der Waals surface area contributed by atoms with Crippen LogP contribution in [0.25, 0.3) is 6.08 Å². The number of benzene rings is 1. The lowest BCUT2D eigenvalue weighted by Gasteiger charge is -2.25. The van der Waals surface area contributed by atoms with E-state index < -0.39 is 35.6 Å². The van der Waals surface area contributed by atoms with Crippen molar-refractivity contribution < 1.29 is 32.2 Å². The summed E-state index contributed by atoms with van der Waals surface area (Å²) < 4.78 is 53.8. The van der Waals surface area contributed by atoms with Crippen molar-refractivity contribution in [2.24, 2.45) is 0 Å². The molecule has 1 aromatic rings. The van der Waals surface area contributed by atoms with Crippen LogP contribution < -0.4 is 4.74 Å². The van der Waals surface area contributed by atoms with E-state index in [0.717, 1.165) is 12.1 Å². The maximum atomic E-state index is 13.5. The molecule has 116 valence electrons. The van der Waals surface area contributed by atoms with E-state index >= 15 is 0 Å². The molecule has 8 heteroatoms. The zero-order valence-electron chi connectivity index (χ0n) is 10.7. The third-order valence-corrected chi connectivity index (χ3v) is 2.59. The van der Waals surface area contributed by atoms with Gasteiger partial charge in [0.1, 0.15) is 0 Å². The first-order valence-corrected chi connectivity index (χ1v) is 6.14. The lowest BCUT2D eigenvalue weighted by Crippen LogP contribution is -2.34. The maximum Gasteiger partial charge on any atom is 0.335 e. The Kier molecular flexibility index (Phi) is 6.02. The van der Waals surface area contributed by atoms with Crippen LogP contribution >= 0.6 is 11.6 Å². The zero-order chi connectivity index (χ0) is 16.2. The summed E-state index contributed by atoms with van der Waals surface area (Å²) in [7, 11) is 0. The largest absolute Gasteiger partial charge is 0.478 e. The second-order valence-electron chi connectivity index (χ2n) is 3.85. The number of halogens is 5. The fraction of sp³-hybridized carbons (Fsp3) is 0.308. The first-order valence-electron chi connectivity index (χ1n) is 5.76. The Morgan fingerprint density at radius 2 is 2.05 bits per heavy atom. The Hall–Kier alpha value is -1.76. The van der Waals surface area contributed by atoms with E-state index in [0.29, 0.717) is 0 Å². The van der Waals surface area contributed by atoms with Gasteiger partial charge in [-0.05, 0) is 25.1 Å². The van der Waals surface area contributed by atoms with Crippen LogP contribution in [0.15, 0.2) is 17.7 Å². The second kappa shape index (κ2) is 7.31. The average Bonchev–Trinajstić information content (AvgIpc) is 2.37. The highest BCUT2D eigenvalue weighted by atomic mass is 35.5. The molecule has 21 heavy (non-hydrogen) atoms. The predicted molar refractivity (Wildman–Crippen MR) is 69.1 cm³/mol. The Labute approximate surface area is 122 Å². The summed E-state index contributed by atoms with van der Waals surface area (Å²) in [5, 5.41) is 8.83. The number of aliphatic carboxylic acids is 1. The van der Waals surface area contributed by atoms with Crippen molar-refractivity contribution in [1.29, 1.82) is 0 Å². The van der Waals surface area contributed by atoms with Crippen LogP contribution in [0.3, 0.4) is 0 Å². The highest BCUT2D eigenvalue weighted by Crippen LogP contribution is 2.36. The molecule has 0 bridgehead atoms. The molecule has 0 aromatic heterocycles. The fourth-order valence-electron chi connectivity index (χ4n) is 1.62. The van der Waals surface area contributed by atoms with Crippen LogP contribution in [0, 0.1) is 5.82 Å².